The topological polar surface area (TPSA) is 63.5 Å². The van der Waals surface area contributed by atoms with Crippen molar-refractivity contribution in [3.05, 3.63) is 37.4 Å². The number of halogens is 1. The molecule has 21 heavy (non-hydrogen) atoms. The van der Waals surface area contributed by atoms with E-state index in [0.29, 0.717) is 12.1 Å². The number of carbonyl (C=O) groups excluding carboxylic acids is 1. The molecule has 2 rings (SSSR count). The molecule has 1 aliphatic carbocycles. The van der Waals surface area contributed by atoms with Crippen molar-refractivity contribution in [2.45, 2.75) is 45.1 Å². The molecule has 0 radical (unpaired) electrons. The Morgan fingerprint density at radius 2 is 2.05 bits per heavy atom. The summed E-state index contributed by atoms with van der Waals surface area (Å²) in [4.78, 5) is 25.1. The van der Waals surface area contributed by atoms with Crippen molar-refractivity contribution in [2.75, 3.05) is 6.54 Å². The SMILES string of the molecule is CCN(C(=O)c1cc([N+](=O)[O-])ccc1I)C1CCCCC1. The Morgan fingerprint density at radius 1 is 1.38 bits per heavy atom. The molecule has 1 aromatic rings. The Morgan fingerprint density at radius 3 is 2.62 bits per heavy atom. The molecule has 1 aromatic carbocycles. The lowest BCUT2D eigenvalue weighted by Gasteiger charge is -2.33. The normalized spacial score (nSPS) is 15.7. The van der Waals surface area contributed by atoms with Crippen LogP contribution in [0.5, 0.6) is 0 Å². The number of non-ortho nitro benzene ring substituents is 1. The molecule has 0 spiro atoms. The fourth-order valence-corrected chi connectivity index (χ4v) is 3.47. The summed E-state index contributed by atoms with van der Waals surface area (Å²) in [5.74, 6) is -0.0856. The highest BCUT2D eigenvalue weighted by Crippen LogP contribution is 2.26. The molecule has 1 saturated carbocycles. The summed E-state index contributed by atoms with van der Waals surface area (Å²) >= 11 is 2.07. The average molecular weight is 402 g/mol. The van der Waals surface area contributed by atoms with Crippen molar-refractivity contribution in [1.29, 1.82) is 0 Å². The number of nitro benzene ring substituents is 1. The van der Waals surface area contributed by atoms with Crippen LogP contribution in [0.1, 0.15) is 49.4 Å². The van der Waals surface area contributed by atoms with Crippen molar-refractivity contribution < 1.29 is 9.72 Å². The maximum Gasteiger partial charge on any atom is 0.270 e. The van der Waals surface area contributed by atoms with Gasteiger partial charge in [-0.3, -0.25) is 14.9 Å². The largest absolute Gasteiger partial charge is 0.336 e. The molecule has 0 N–H and O–H groups in total. The molecular weight excluding hydrogens is 383 g/mol. The molecule has 0 aliphatic heterocycles. The van der Waals surface area contributed by atoms with Gasteiger partial charge in [-0.05, 0) is 48.4 Å². The highest BCUT2D eigenvalue weighted by Gasteiger charge is 2.27. The molecule has 1 amide bonds. The number of rotatable bonds is 4. The lowest BCUT2D eigenvalue weighted by Crippen LogP contribution is -2.41. The fourth-order valence-electron chi connectivity index (χ4n) is 2.91. The summed E-state index contributed by atoms with van der Waals surface area (Å²) in [6.45, 7) is 2.61. The van der Waals surface area contributed by atoms with E-state index in [2.05, 4.69) is 22.6 Å². The average Bonchev–Trinajstić information content (AvgIpc) is 2.49. The van der Waals surface area contributed by atoms with Crippen LogP contribution in [0.3, 0.4) is 0 Å². The third kappa shape index (κ3) is 3.72. The smallest absolute Gasteiger partial charge is 0.270 e. The van der Waals surface area contributed by atoms with E-state index in [-0.39, 0.29) is 17.6 Å². The second-order valence-electron chi connectivity index (χ2n) is 5.30. The number of benzene rings is 1. The molecule has 5 nitrogen and oxygen atoms in total. The van der Waals surface area contributed by atoms with Crippen LogP contribution < -0.4 is 0 Å². The second kappa shape index (κ2) is 7.20. The molecule has 0 heterocycles. The van der Waals surface area contributed by atoms with Crippen LogP contribution in [0.4, 0.5) is 5.69 Å². The van der Waals surface area contributed by atoms with Crippen molar-refractivity contribution in [3.63, 3.8) is 0 Å². The summed E-state index contributed by atoms with van der Waals surface area (Å²) in [5, 5.41) is 10.9. The minimum Gasteiger partial charge on any atom is -0.336 e. The second-order valence-corrected chi connectivity index (χ2v) is 6.47. The Labute approximate surface area is 138 Å². The monoisotopic (exact) mass is 402 g/mol. The summed E-state index contributed by atoms with van der Waals surface area (Å²) in [6, 6.07) is 4.75. The van der Waals surface area contributed by atoms with E-state index in [1.54, 1.807) is 6.07 Å². The van der Waals surface area contributed by atoms with Crippen LogP contribution in [-0.4, -0.2) is 28.3 Å². The van der Waals surface area contributed by atoms with Gasteiger partial charge in [-0.25, -0.2) is 0 Å². The zero-order valence-corrected chi connectivity index (χ0v) is 14.2. The van der Waals surface area contributed by atoms with Gasteiger partial charge >= 0.3 is 0 Å². The first-order valence-electron chi connectivity index (χ1n) is 7.29. The number of hydrogen-bond acceptors (Lipinski definition) is 3. The van der Waals surface area contributed by atoms with Crippen LogP contribution in [0.2, 0.25) is 0 Å². The van der Waals surface area contributed by atoms with E-state index in [0.717, 1.165) is 29.3 Å². The molecule has 0 atom stereocenters. The van der Waals surface area contributed by atoms with Gasteiger partial charge in [0.05, 0.1) is 10.5 Å². The van der Waals surface area contributed by atoms with Crippen molar-refractivity contribution >= 4 is 34.2 Å². The van der Waals surface area contributed by atoms with Gasteiger partial charge in [-0.15, -0.1) is 0 Å². The van der Waals surface area contributed by atoms with E-state index >= 15 is 0 Å². The first-order valence-corrected chi connectivity index (χ1v) is 8.37. The Kier molecular flexibility index (Phi) is 5.55. The Balaban J connectivity index is 2.28. The van der Waals surface area contributed by atoms with Crippen LogP contribution >= 0.6 is 22.6 Å². The first-order chi connectivity index (χ1) is 10.0. The first kappa shape index (κ1) is 16.2. The van der Waals surface area contributed by atoms with Gasteiger partial charge in [-0.1, -0.05) is 19.3 Å². The van der Waals surface area contributed by atoms with E-state index in [4.69, 9.17) is 0 Å². The minimum atomic E-state index is -0.455. The molecule has 1 aliphatic rings. The zero-order chi connectivity index (χ0) is 15.4. The molecule has 0 bridgehead atoms. The molecule has 0 saturated heterocycles. The fraction of sp³-hybridized carbons (Fsp3) is 0.533. The summed E-state index contributed by atoms with van der Waals surface area (Å²) in [6.07, 6.45) is 5.60. The van der Waals surface area contributed by atoms with Gasteiger partial charge < -0.3 is 4.90 Å². The van der Waals surface area contributed by atoms with E-state index in [9.17, 15) is 14.9 Å². The molecule has 0 unspecified atom stereocenters. The highest BCUT2D eigenvalue weighted by atomic mass is 127. The molecule has 114 valence electrons. The van der Waals surface area contributed by atoms with Gasteiger partial charge in [0.25, 0.3) is 11.6 Å². The minimum absolute atomic E-state index is 0.0292. The zero-order valence-electron chi connectivity index (χ0n) is 12.0. The van der Waals surface area contributed by atoms with Gasteiger partial charge in [-0.2, -0.15) is 0 Å². The molecule has 0 aromatic heterocycles. The maximum absolute atomic E-state index is 12.8. The van der Waals surface area contributed by atoms with Crippen LogP contribution in [0.15, 0.2) is 18.2 Å². The van der Waals surface area contributed by atoms with Crippen molar-refractivity contribution in [2.24, 2.45) is 0 Å². The molecule has 1 fully saturated rings. The van der Waals surface area contributed by atoms with Crippen molar-refractivity contribution in [1.82, 2.24) is 4.90 Å². The quantitative estimate of drug-likeness (QED) is 0.435. The van der Waals surface area contributed by atoms with E-state index in [1.165, 1.54) is 18.6 Å². The Hall–Kier alpha value is -1.18. The summed E-state index contributed by atoms with van der Waals surface area (Å²) in [5.41, 5.74) is 0.413. The third-order valence-corrected chi connectivity index (χ3v) is 4.95. The maximum atomic E-state index is 12.8. The molecule has 6 heteroatoms. The highest BCUT2D eigenvalue weighted by molar-refractivity contribution is 14.1. The standard InChI is InChI=1S/C15H19IN2O3/c1-2-17(11-6-4-3-5-7-11)15(19)13-10-12(18(20)21)8-9-14(13)16/h8-11H,2-7H2,1H3. The van der Waals surface area contributed by atoms with Crippen LogP contribution in [0, 0.1) is 13.7 Å². The van der Waals surface area contributed by atoms with Gasteiger partial charge in [0, 0.05) is 28.3 Å². The number of nitro groups is 1. The lowest BCUT2D eigenvalue weighted by molar-refractivity contribution is -0.384. The number of amides is 1. The number of nitrogens with zero attached hydrogens (tertiary/aromatic N) is 2. The van der Waals surface area contributed by atoms with Gasteiger partial charge in [0.15, 0.2) is 0 Å². The number of hydrogen-bond donors (Lipinski definition) is 0. The van der Waals surface area contributed by atoms with Crippen molar-refractivity contribution in [3.8, 4) is 0 Å². The summed E-state index contributed by atoms with van der Waals surface area (Å²) in [7, 11) is 0. The predicted octanol–water partition coefficient (Wildman–Crippen LogP) is 3.99. The van der Waals surface area contributed by atoms with Crippen LogP contribution in [0.25, 0.3) is 0 Å². The number of carbonyl (C=O) groups is 1. The van der Waals surface area contributed by atoms with Gasteiger partial charge in [0.2, 0.25) is 0 Å². The Bertz CT molecular complexity index is 542. The summed E-state index contributed by atoms with van der Waals surface area (Å²) < 4.78 is 0.762. The van der Waals surface area contributed by atoms with Gasteiger partial charge in [0.1, 0.15) is 0 Å². The third-order valence-electron chi connectivity index (χ3n) is 4.01. The van der Waals surface area contributed by atoms with E-state index < -0.39 is 4.92 Å². The predicted molar refractivity (Wildman–Crippen MR) is 89.4 cm³/mol. The lowest BCUT2D eigenvalue weighted by atomic mass is 9.93. The van der Waals surface area contributed by atoms with Crippen LogP contribution in [-0.2, 0) is 0 Å². The molecular formula is C15H19IN2O3. The van der Waals surface area contributed by atoms with E-state index in [1.807, 2.05) is 11.8 Å².